The van der Waals surface area contributed by atoms with Crippen LogP contribution in [-0.4, -0.2) is 16.3 Å². The Morgan fingerprint density at radius 1 is 1.57 bits per heavy atom. The van der Waals surface area contributed by atoms with Crippen molar-refractivity contribution in [1.82, 2.24) is 9.78 Å². The first-order chi connectivity index (χ1) is 6.72. The van der Waals surface area contributed by atoms with E-state index >= 15 is 0 Å². The van der Waals surface area contributed by atoms with Gasteiger partial charge in [-0.2, -0.15) is 5.10 Å². The molecule has 1 fully saturated rings. The van der Waals surface area contributed by atoms with Crippen LogP contribution in [0.25, 0.3) is 0 Å². The van der Waals surface area contributed by atoms with Gasteiger partial charge in [0.25, 0.3) is 0 Å². The summed E-state index contributed by atoms with van der Waals surface area (Å²) in [6.07, 6.45) is 8.10. The maximum Gasteiger partial charge on any atom is 0.0726 e. The Labute approximate surface area is 85.5 Å². The van der Waals surface area contributed by atoms with Crippen molar-refractivity contribution >= 4 is 5.69 Å². The van der Waals surface area contributed by atoms with Crippen LogP contribution < -0.4 is 5.32 Å². The van der Waals surface area contributed by atoms with Crippen molar-refractivity contribution in [3.8, 4) is 0 Å². The molecule has 0 atom stereocenters. The molecule has 0 saturated heterocycles. The molecule has 1 aromatic rings. The maximum atomic E-state index is 4.23. The van der Waals surface area contributed by atoms with Crippen LogP contribution in [-0.2, 0) is 6.54 Å². The Kier molecular flexibility index (Phi) is 2.48. The average Bonchev–Trinajstić information content (AvgIpc) is 2.59. The fourth-order valence-electron chi connectivity index (χ4n) is 1.90. The lowest BCUT2D eigenvalue weighted by molar-refractivity contribution is 0.180. The first kappa shape index (κ1) is 9.56. The first-order valence-corrected chi connectivity index (χ1v) is 5.48. The molecule has 0 aromatic carbocycles. The molecular weight excluding hydrogens is 174 g/mol. The molecule has 14 heavy (non-hydrogen) atoms. The Morgan fingerprint density at radius 2 is 2.36 bits per heavy atom. The largest absolute Gasteiger partial charge is 0.382 e. The van der Waals surface area contributed by atoms with E-state index in [4.69, 9.17) is 0 Å². The van der Waals surface area contributed by atoms with Gasteiger partial charge in [0.2, 0.25) is 0 Å². The number of rotatable bonds is 4. The van der Waals surface area contributed by atoms with E-state index in [1.165, 1.54) is 19.3 Å². The summed E-state index contributed by atoms with van der Waals surface area (Å²) in [5.74, 6) is 0. The number of anilines is 1. The Morgan fingerprint density at radius 3 is 2.86 bits per heavy atom. The number of aryl methyl sites for hydroxylation is 1. The van der Waals surface area contributed by atoms with Gasteiger partial charge in [0.05, 0.1) is 11.9 Å². The van der Waals surface area contributed by atoms with Gasteiger partial charge >= 0.3 is 0 Å². The van der Waals surface area contributed by atoms with Gasteiger partial charge in [-0.25, -0.2) is 0 Å². The summed E-state index contributed by atoms with van der Waals surface area (Å²) in [6.45, 7) is 6.49. The predicted molar refractivity (Wildman–Crippen MR) is 58.3 cm³/mol. The highest BCUT2D eigenvalue weighted by Crippen LogP contribution is 2.40. The molecule has 1 aliphatic carbocycles. The number of nitrogens with one attached hydrogen (secondary N) is 1. The van der Waals surface area contributed by atoms with Gasteiger partial charge in [0.15, 0.2) is 0 Å². The smallest absolute Gasteiger partial charge is 0.0726 e. The molecule has 3 heteroatoms. The van der Waals surface area contributed by atoms with Crippen LogP contribution >= 0.6 is 0 Å². The second-order valence-electron chi connectivity index (χ2n) is 4.60. The van der Waals surface area contributed by atoms with Gasteiger partial charge in [0.1, 0.15) is 0 Å². The van der Waals surface area contributed by atoms with Gasteiger partial charge in [-0.1, -0.05) is 13.3 Å². The standard InChI is InChI=1S/C11H19N3/c1-3-14-8-10(7-13-14)12-9-11(2)5-4-6-11/h7-8,12H,3-6,9H2,1-2H3. The normalized spacial score (nSPS) is 19.0. The zero-order chi connectivity index (χ0) is 10.0. The topological polar surface area (TPSA) is 29.9 Å². The zero-order valence-corrected chi connectivity index (χ0v) is 9.08. The lowest BCUT2D eigenvalue weighted by Gasteiger charge is -2.38. The van der Waals surface area contributed by atoms with Crippen LogP contribution in [0.2, 0.25) is 0 Å². The second-order valence-corrected chi connectivity index (χ2v) is 4.60. The Bertz CT molecular complexity index is 299. The van der Waals surface area contributed by atoms with Crippen LogP contribution in [0.1, 0.15) is 33.1 Å². The van der Waals surface area contributed by atoms with Crippen molar-refractivity contribution in [2.45, 2.75) is 39.7 Å². The number of nitrogens with zero attached hydrogens (tertiary/aromatic N) is 2. The minimum absolute atomic E-state index is 0.536. The van der Waals surface area contributed by atoms with E-state index in [9.17, 15) is 0 Å². The van der Waals surface area contributed by atoms with Crippen LogP contribution in [0.5, 0.6) is 0 Å². The summed E-state index contributed by atoms with van der Waals surface area (Å²) in [5.41, 5.74) is 1.69. The van der Waals surface area contributed by atoms with Crippen molar-refractivity contribution in [2.24, 2.45) is 5.41 Å². The van der Waals surface area contributed by atoms with E-state index in [2.05, 4.69) is 30.5 Å². The summed E-state index contributed by atoms with van der Waals surface area (Å²) < 4.78 is 1.95. The molecule has 1 N–H and O–H groups in total. The third kappa shape index (κ3) is 1.91. The summed E-state index contributed by atoms with van der Waals surface area (Å²) in [5, 5.41) is 7.69. The third-order valence-electron chi connectivity index (χ3n) is 3.24. The van der Waals surface area contributed by atoms with Crippen LogP contribution in [0, 0.1) is 5.41 Å². The minimum atomic E-state index is 0.536. The molecule has 3 nitrogen and oxygen atoms in total. The molecule has 0 spiro atoms. The van der Waals surface area contributed by atoms with Crippen molar-refractivity contribution < 1.29 is 0 Å². The number of hydrogen-bond donors (Lipinski definition) is 1. The SMILES string of the molecule is CCn1cc(NCC2(C)CCC2)cn1. The Hall–Kier alpha value is -0.990. The summed E-state index contributed by atoms with van der Waals surface area (Å²) in [7, 11) is 0. The molecule has 1 saturated carbocycles. The summed E-state index contributed by atoms with van der Waals surface area (Å²) in [4.78, 5) is 0. The van der Waals surface area contributed by atoms with Crippen molar-refractivity contribution in [3.05, 3.63) is 12.4 Å². The molecular formula is C11H19N3. The zero-order valence-electron chi connectivity index (χ0n) is 9.08. The van der Waals surface area contributed by atoms with Crippen LogP contribution in [0.3, 0.4) is 0 Å². The van der Waals surface area contributed by atoms with Gasteiger partial charge < -0.3 is 5.32 Å². The molecule has 2 rings (SSSR count). The molecule has 1 aliphatic rings. The molecule has 0 radical (unpaired) electrons. The number of hydrogen-bond acceptors (Lipinski definition) is 2. The van der Waals surface area contributed by atoms with Crippen molar-refractivity contribution in [1.29, 1.82) is 0 Å². The lowest BCUT2D eigenvalue weighted by atomic mass is 9.70. The molecule has 0 amide bonds. The van der Waals surface area contributed by atoms with E-state index in [0.717, 1.165) is 18.8 Å². The molecule has 0 unspecified atom stereocenters. The van der Waals surface area contributed by atoms with Gasteiger partial charge in [0, 0.05) is 19.3 Å². The fraction of sp³-hybridized carbons (Fsp3) is 0.727. The monoisotopic (exact) mass is 193 g/mol. The van der Waals surface area contributed by atoms with E-state index in [-0.39, 0.29) is 0 Å². The highest BCUT2D eigenvalue weighted by atomic mass is 15.3. The summed E-state index contributed by atoms with van der Waals surface area (Å²) in [6, 6.07) is 0. The van der Waals surface area contributed by atoms with E-state index < -0.39 is 0 Å². The van der Waals surface area contributed by atoms with Crippen LogP contribution in [0.15, 0.2) is 12.4 Å². The first-order valence-electron chi connectivity index (χ1n) is 5.48. The van der Waals surface area contributed by atoms with Gasteiger partial charge in [-0.15, -0.1) is 0 Å². The van der Waals surface area contributed by atoms with E-state index in [0.29, 0.717) is 5.41 Å². The number of aromatic nitrogens is 2. The predicted octanol–water partition coefficient (Wildman–Crippen LogP) is 2.51. The highest BCUT2D eigenvalue weighted by molar-refractivity contribution is 5.38. The fourth-order valence-corrected chi connectivity index (χ4v) is 1.90. The van der Waals surface area contributed by atoms with Gasteiger partial charge in [-0.3, -0.25) is 4.68 Å². The van der Waals surface area contributed by atoms with E-state index in [1.807, 2.05) is 10.9 Å². The molecule has 0 aliphatic heterocycles. The molecule has 78 valence electrons. The lowest BCUT2D eigenvalue weighted by Crippen LogP contribution is -2.33. The molecule has 1 heterocycles. The summed E-state index contributed by atoms with van der Waals surface area (Å²) >= 11 is 0. The quantitative estimate of drug-likeness (QED) is 0.796. The molecule has 0 bridgehead atoms. The average molecular weight is 193 g/mol. The van der Waals surface area contributed by atoms with E-state index in [1.54, 1.807) is 0 Å². The van der Waals surface area contributed by atoms with Crippen LogP contribution in [0.4, 0.5) is 5.69 Å². The third-order valence-corrected chi connectivity index (χ3v) is 3.24. The molecule has 1 aromatic heterocycles. The highest BCUT2D eigenvalue weighted by Gasteiger charge is 2.31. The van der Waals surface area contributed by atoms with Crippen molar-refractivity contribution in [3.63, 3.8) is 0 Å². The maximum absolute atomic E-state index is 4.23. The van der Waals surface area contributed by atoms with Crippen molar-refractivity contribution in [2.75, 3.05) is 11.9 Å². The van der Waals surface area contributed by atoms with Gasteiger partial charge in [-0.05, 0) is 25.2 Å². The minimum Gasteiger partial charge on any atom is -0.382 e. The second kappa shape index (κ2) is 3.64. The Balaban J connectivity index is 1.85.